The molecule has 1 aliphatic rings. The van der Waals surface area contributed by atoms with E-state index in [1.165, 1.54) is 0 Å². The highest BCUT2D eigenvalue weighted by Crippen LogP contribution is 2.30. The second-order valence-corrected chi connectivity index (χ2v) is 7.40. The van der Waals surface area contributed by atoms with Crippen molar-refractivity contribution in [2.45, 2.75) is 45.1 Å². The molecule has 1 amide bonds. The van der Waals surface area contributed by atoms with Gasteiger partial charge in [-0.1, -0.05) is 37.3 Å². The Bertz CT molecular complexity index is 1010. The van der Waals surface area contributed by atoms with Crippen LogP contribution >= 0.6 is 0 Å². The number of amides is 1. The predicted octanol–water partition coefficient (Wildman–Crippen LogP) is 4.46. The summed E-state index contributed by atoms with van der Waals surface area (Å²) in [7, 11) is 0. The maximum atomic E-state index is 12.5. The Morgan fingerprint density at radius 3 is 2.89 bits per heavy atom. The van der Waals surface area contributed by atoms with Gasteiger partial charge in [-0.05, 0) is 42.5 Å². The molecule has 2 aromatic carbocycles. The number of rotatable bonds is 5. The monoisotopic (exact) mass is 379 g/mol. The number of carbonyl (C=O) groups is 2. The molecule has 1 atom stereocenters. The number of furan rings is 1. The molecule has 1 saturated heterocycles. The van der Waals surface area contributed by atoms with Gasteiger partial charge in [0.2, 0.25) is 0 Å². The fourth-order valence-corrected chi connectivity index (χ4v) is 4.19. The van der Waals surface area contributed by atoms with E-state index in [0.29, 0.717) is 0 Å². The summed E-state index contributed by atoms with van der Waals surface area (Å²) in [6, 6.07) is 12.2. The van der Waals surface area contributed by atoms with Crippen molar-refractivity contribution in [1.82, 2.24) is 4.90 Å². The van der Waals surface area contributed by atoms with Crippen molar-refractivity contribution in [3.05, 3.63) is 48.2 Å². The van der Waals surface area contributed by atoms with Gasteiger partial charge in [0.15, 0.2) is 6.61 Å². The van der Waals surface area contributed by atoms with Gasteiger partial charge < -0.3 is 14.1 Å². The van der Waals surface area contributed by atoms with Crippen molar-refractivity contribution in [3.8, 4) is 0 Å². The number of carbonyl (C=O) groups excluding carboxylic acids is 2. The van der Waals surface area contributed by atoms with Crippen LogP contribution in [0.5, 0.6) is 0 Å². The van der Waals surface area contributed by atoms with Crippen LogP contribution in [0.4, 0.5) is 0 Å². The van der Waals surface area contributed by atoms with Crippen LogP contribution in [0, 0.1) is 0 Å². The smallest absolute Gasteiger partial charge is 0.310 e. The highest BCUT2D eigenvalue weighted by Gasteiger charge is 2.26. The van der Waals surface area contributed by atoms with Gasteiger partial charge in [-0.25, -0.2) is 0 Å². The molecule has 0 radical (unpaired) electrons. The van der Waals surface area contributed by atoms with Crippen molar-refractivity contribution < 1.29 is 18.7 Å². The standard InChI is InChI=1S/C23H25NO4/c1-2-18-8-5-6-12-24(18)21(25)15-28-22(26)13-17-14-27-20-11-10-16-7-3-4-9-19(16)23(17)20/h3-4,7,9-11,14,18H,2,5-6,8,12-13,15H2,1H3/t18-/m0/s1. The number of hydrogen-bond donors (Lipinski definition) is 0. The Hall–Kier alpha value is -2.82. The van der Waals surface area contributed by atoms with Crippen LogP contribution in [0.25, 0.3) is 21.7 Å². The van der Waals surface area contributed by atoms with E-state index in [4.69, 9.17) is 9.15 Å². The summed E-state index contributed by atoms with van der Waals surface area (Å²) in [6.07, 6.45) is 5.84. The molecule has 0 bridgehead atoms. The van der Waals surface area contributed by atoms with Gasteiger partial charge in [0.05, 0.1) is 12.7 Å². The van der Waals surface area contributed by atoms with Crippen molar-refractivity contribution in [2.24, 2.45) is 0 Å². The molecular formula is C23H25NO4. The zero-order chi connectivity index (χ0) is 19.5. The zero-order valence-corrected chi connectivity index (χ0v) is 16.1. The van der Waals surface area contributed by atoms with Crippen LogP contribution < -0.4 is 0 Å². The fraction of sp³-hybridized carbons (Fsp3) is 0.391. The fourth-order valence-electron chi connectivity index (χ4n) is 4.19. The molecule has 0 unspecified atom stereocenters. The first-order valence-electron chi connectivity index (χ1n) is 10.00. The molecule has 0 aliphatic carbocycles. The second-order valence-electron chi connectivity index (χ2n) is 7.40. The molecule has 1 fully saturated rings. The maximum absolute atomic E-state index is 12.5. The summed E-state index contributed by atoms with van der Waals surface area (Å²) in [5, 5.41) is 3.08. The van der Waals surface area contributed by atoms with Gasteiger partial charge in [0.25, 0.3) is 5.91 Å². The second kappa shape index (κ2) is 8.05. The van der Waals surface area contributed by atoms with Gasteiger partial charge in [-0.3, -0.25) is 9.59 Å². The molecule has 0 saturated carbocycles. The minimum absolute atomic E-state index is 0.0888. The third-order valence-corrected chi connectivity index (χ3v) is 5.65. The Kier molecular flexibility index (Phi) is 5.33. The highest BCUT2D eigenvalue weighted by atomic mass is 16.5. The van der Waals surface area contributed by atoms with Crippen LogP contribution in [-0.2, 0) is 20.7 Å². The molecule has 2 heterocycles. The molecule has 5 heteroatoms. The van der Waals surface area contributed by atoms with Gasteiger partial charge in [-0.15, -0.1) is 0 Å². The number of benzene rings is 2. The van der Waals surface area contributed by atoms with Crippen molar-refractivity contribution in [1.29, 1.82) is 0 Å². The van der Waals surface area contributed by atoms with Gasteiger partial charge in [-0.2, -0.15) is 0 Å². The Morgan fingerprint density at radius 1 is 1.18 bits per heavy atom. The number of nitrogens with zero attached hydrogens (tertiary/aromatic N) is 1. The van der Waals surface area contributed by atoms with Gasteiger partial charge >= 0.3 is 5.97 Å². The third-order valence-electron chi connectivity index (χ3n) is 5.65. The number of ether oxygens (including phenoxy) is 1. The van der Waals surface area contributed by atoms with E-state index in [9.17, 15) is 9.59 Å². The van der Waals surface area contributed by atoms with Crippen LogP contribution in [0.2, 0.25) is 0 Å². The number of likely N-dealkylation sites (tertiary alicyclic amines) is 1. The van der Waals surface area contributed by atoms with Crippen LogP contribution in [0.1, 0.15) is 38.2 Å². The molecule has 0 N–H and O–H groups in total. The molecule has 1 aromatic heterocycles. The maximum Gasteiger partial charge on any atom is 0.310 e. The first-order chi connectivity index (χ1) is 13.7. The van der Waals surface area contributed by atoms with E-state index in [1.807, 2.05) is 41.3 Å². The summed E-state index contributed by atoms with van der Waals surface area (Å²) in [5.41, 5.74) is 1.53. The number of piperidine rings is 1. The minimum atomic E-state index is -0.408. The predicted molar refractivity (Wildman–Crippen MR) is 108 cm³/mol. The first-order valence-corrected chi connectivity index (χ1v) is 10.00. The lowest BCUT2D eigenvalue weighted by Gasteiger charge is -2.35. The number of hydrogen-bond acceptors (Lipinski definition) is 4. The highest BCUT2D eigenvalue weighted by molar-refractivity contribution is 6.08. The third kappa shape index (κ3) is 3.61. The quantitative estimate of drug-likeness (QED) is 0.614. The van der Waals surface area contributed by atoms with Gasteiger partial charge in [0.1, 0.15) is 5.58 Å². The molecule has 146 valence electrons. The Balaban J connectivity index is 1.44. The zero-order valence-electron chi connectivity index (χ0n) is 16.1. The molecule has 28 heavy (non-hydrogen) atoms. The summed E-state index contributed by atoms with van der Waals surface area (Å²) in [6.45, 7) is 2.66. The molecule has 0 spiro atoms. The number of fused-ring (bicyclic) bond motifs is 3. The SMILES string of the molecule is CC[C@H]1CCCCN1C(=O)COC(=O)Cc1coc2ccc3ccccc3c12. The van der Waals surface area contributed by atoms with Crippen LogP contribution in [0.15, 0.2) is 47.1 Å². The summed E-state index contributed by atoms with van der Waals surface area (Å²) >= 11 is 0. The van der Waals surface area contributed by atoms with E-state index in [0.717, 1.165) is 59.5 Å². The number of esters is 1. The van der Waals surface area contributed by atoms with Crippen LogP contribution in [0.3, 0.4) is 0 Å². The van der Waals surface area contributed by atoms with Crippen LogP contribution in [-0.4, -0.2) is 36.0 Å². The van der Waals surface area contributed by atoms with E-state index in [2.05, 4.69) is 6.92 Å². The van der Waals surface area contributed by atoms with E-state index in [1.54, 1.807) is 6.26 Å². The molecule has 4 rings (SSSR count). The van der Waals surface area contributed by atoms with E-state index >= 15 is 0 Å². The minimum Gasteiger partial charge on any atom is -0.464 e. The average molecular weight is 379 g/mol. The normalized spacial score (nSPS) is 17.2. The first kappa shape index (κ1) is 18.5. The Morgan fingerprint density at radius 2 is 2.04 bits per heavy atom. The van der Waals surface area contributed by atoms with Crippen molar-refractivity contribution in [2.75, 3.05) is 13.2 Å². The van der Waals surface area contributed by atoms with Crippen molar-refractivity contribution in [3.63, 3.8) is 0 Å². The summed E-state index contributed by atoms with van der Waals surface area (Å²) < 4.78 is 10.9. The van der Waals surface area contributed by atoms with E-state index < -0.39 is 5.97 Å². The lowest BCUT2D eigenvalue weighted by Crippen LogP contribution is -2.45. The topological polar surface area (TPSA) is 59.8 Å². The average Bonchev–Trinajstić information content (AvgIpc) is 3.15. The summed E-state index contributed by atoms with van der Waals surface area (Å²) in [4.78, 5) is 26.8. The molecule has 3 aromatic rings. The lowest BCUT2D eigenvalue weighted by molar-refractivity contribution is -0.153. The molecular weight excluding hydrogens is 354 g/mol. The summed E-state index contributed by atoms with van der Waals surface area (Å²) in [5.74, 6) is -0.503. The van der Waals surface area contributed by atoms with Crippen molar-refractivity contribution >= 4 is 33.6 Å². The largest absolute Gasteiger partial charge is 0.464 e. The Labute approximate surface area is 164 Å². The van der Waals surface area contributed by atoms with Gasteiger partial charge in [0, 0.05) is 23.5 Å². The lowest BCUT2D eigenvalue weighted by atomic mass is 10.00. The molecule has 1 aliphatic heterocycles. The molecule has 5 nitrogen and oxygen atoms in total. The van der Waals surface area contributed by atoms with E-state index in [-0.39, 0.29) is 25.0 Å².